The highest BCUT2D eigenvalue weighted by Crippen LogP contribution is 2.34. The Kier molecular flexibility index (Phi) is 6.31. The molecule has 0 saturated carbocycles. The number of phenolic OH excluding ortho intramolecular Hbond substituents is 1. The van der Waals surface area contributed by atoms with E-state index in [0.717, 1.165) is 17.1 Å². The molecule has 5 nitrogen and oxygen atoms in total. The van der Waals surface area contributed by atoms with Crippen molar-refractivity contribution in [2.24, 2.45) is 0 Å². The van der Waals surface area contributed by atoms with Crippen molar-refractivity contribution >= 4 is 51.8 Å². The minimum absolute atomic E-state index is 0.130. The molecule has 0 radical (unpaired) electrons. The first-order valence-electron chi connectivity index (χ1n) is 8.02. The molecule has 0 atom stereocenters. The maximum absolute atomic E-state index is 11.3. The second-order valence-electron chi connectivity index (χ2n) is 5.64. The third kappa shape index (κ3) is 4.97. The molecule has 0 amide bonds. The monoisotopic (exact) mass is 423 g/mol. The summed E-state index contributed by atoms with van der Waals surface area (Å²) in [6.07, 6.45) is 0.739. The number of aromatic nitrogens is 1. The summed E-state index contributed by atoms with van der Waals surface area (Å²) < 4.78 is 5.80. The van der Waals surface area contributed by atoms with Gasteiger partial charge in [0.2, 0.25) is 0 Å². The van der Waals surface area contributed by atoms with Crippen molar-refractivity contribution in [1.82, 2.24) is 4.98 Å². The van der Waals surface area contributed by atoms with Gasteiger partial charge in [0.25, 0.3) is 0 Å². The number of phenols is 1. The number of benzene rings is 2. The molecule has 0 bridgehead atoms. The second kappa shape index (κ2) is 8.69. The summed E-state index contributed by atoms with van der Waals surface area (Å²) in [7, 11) is 0. The van der Waals surface area contributed by atoms with E-state index in [0.29, 0.717) is 33.3 Å². The topological polar surface area (TPSA) is 79.7 Å². The summed E-state index contributed by atoms with van der Waals surface area (Å²) in [5, 5.41) is 19.8. The standard InChI is InChI=1S/C19H15Cl2NO4S/c20-11-8-14(21)18-15(9-11)22-16(19(24)25)10-17(18)26-6-1-7-27-13-4-2-12(23)3-5-13/h2-5,8-10,23H,1,6-7H2,(H,24,25). The molecule has 0 unspecified atom stereocenters. The van der Waals surface area contributed by atoms with Crippen LogP contribution in [-0.2, 0) is 0 Å². The van der Waals surface area contributed by atoms with E-state index in [1.807, 2.05) is 12.1 Å². The lowest BCUT2D eigenvalue weighted by Gasteiger charge is -2.12. The molecular formula is C19H15Cl2NO4S. The van der Waals surface area contributed by atoms with Gasteiger partial charge in [-0.25, -0.2) is 9.78 Å². The number of carboxylic acids is 1. The van der Waals surface area contributed by atoms with Crippen LogP contribution in [0.15, 0.2) is 47.4 Å². The maximum atomic E-state index is 11.3. The SMILES string of the molecule is O=C(O)c1cc(OCCCSc2ccc(O)cc2)c2c(Cl)cc(Cl)cc2n1. The number of halogens is 2. The first-order valence-corrected chi connectivity index (χ1v) is 9.76. The zero-order chi connectivity index (χ0) is 19.4. The fraction of sp³-hybridized carbons (Fsp3) is 0.158. The van der Waals surface area contributed by atoms with Gasteiger partial charge in [-0.1, -0.05) is 23.2 Å². The van der Waals surface area contributed by atoms with Gasteiger partial charge in [0, 0.05) is 21.7 Å². The lowest BCUT2D eigenvalue weighted by Crippen LogP contribution is -2.05. The first-order chi connectivity index (χ1) is 12.9. The molecule has 0 fully saturated rings. The highest BCUT2D eigenvalue weighted by Gasteiger charge is 2.15. The number of thioether (sulfide) groups is 1. The molecule has 1 aromatic heterocycles. The number of fused-ring (bicyclic) bond motifs is 1. The average Bonchev–Trinajstić information content (AvgIpc) is 2.62. The smallest absolute Gasteiger partial charge is 0.354 e. The molecule has 3 aromatic rings. The molecule has 27 heavy (non-hydrogen) atoms. The summed E-state index contributed by atoms with van der Waals surface area (Å²) in [4.78, 5) is 16.4. The number of aromatic hydroxyl groups is 1. The van der Waals surface area contributed by atoms with Crippen LogP contribution in [0, 0.1) is 0 Å². The third-order valence-corrected chi connectivity index (χ3v) is 5.27. The first kappa shape index (κ1) is 19.6. The highest BCUT2D eigenvalue weighted by molar-refractivity contribution is 7.99. The number of hydrogen-bond donors (Lipinski definition) is 2. The number of carbonyl (C=O) groups is 1. The van der Waals surface area contributed by atoms with E-state index in [1.54, 1.807) is 36.0 Å². The van der Waals surface area contributed by atoms with E-state index in [-0.39, 0.29) is 11.4 Å². The lowest BCUT2D eigenvalue weighted by molar-refractivity contribution is 0.0690. The number of aromatic carboxylic acids is 1. The number of rotatable bonds is 7. The summed E-state index contributed by atoms with van der Waals surface area (Å²) in [6.45, 7) is 0.391. The Morgan fingerprint density at radius 2 is 1.89 bits per heavy atom. The Bertz CT molecular complexity index is 980. The number of pyridine rings is 1. The fourth-order valence-corrected chi connectivity index (χ4v) is 3.85. The zero-order valence-corrected chi connectivity index (χ0v) is 16.3. The van der Waals surface area contributed by atoms with Crippen molar-refractivity contribution in [1.29, 1.82) is 0 Å². The lowest BCUT2D eigenvalue weighted by atomic mass is 10.1. The minimum Gasteiger partial charge on any atom is -0.508 e. The molecule has 0 saturated heterocycles. The van der Waals surface area contributed by atoms with Crippen LogP contribution in [0.1, 0.15) is 16.9 Å². The van der Waals surface area contributed by atoms with Crippen LogP contribution in [0.5, 0.6) is 11.5 Å². The molecule has 2 aromatic carbocycles. The quantitative estimate of drug-likeness (QED) is 0.385. The van der Waals surface area contributed by atoms with E-state index < -0.39 is 5.97 Å². The summed E-state index contributed by atoms with van der Waals surface area (Å²) >= 11 is 13.9. The molecule has 3 rings (SSSR count). The zero-order valence-electron chi connectivity index (χ0n) is 14.0. The van der Waals surface area contributed by atoms with Gasteiger partial charge in [0.05, 0.1) is 22.5 Å². The Morgan fingerprint density at radius 3 is 2.59 bits per heavy atom. The molecule has 0 spiro atoms. The van der Waals surface area contributed by atoms with Crippen LogP contribution in [0.3, 0.4) is 0 Å². The van der Waals surface area contributed by atoms with Gasteiger partial charge in [-0.2, -0.15) is 0 Å². The Hall–Kier alpha value is -2.15. The van der Waals surface area contributed by atoms with E-state index in [2.05, 4.69) is 4.98 Å². The van der Waals surface area contributed by atoms with Crippen molar-refractivity contribution in [3.63, 3.8) is 0 Å². The predicted octanol–water partition coefficient (Wildman–Crippen LogP) is 5.51. The van der Waals surface area contributed by atoms with Gasteiger partial charge < -0.3 is 14.9 Å². The van der Waals surface area contributed by atoms with Gasteiger partial charge in [-0.3, -0.25) is 0 Å². The van der Waals surface area contributed by atoms with Crippen LogP contribution < -0.4 is 4.74 Å². The van der Waals surface area contributed by atoms with Gasteiger partial charge in [-0.05, 0) is 42.8 Å². The number of carboxylic acid groups (broad SMARTS) is 1. The van der Waals surface area contributed by atoms with Gasteiger partial charge in [-0.15, -0.1) is 11.8 Å². The second-order valence-corrected chi connectivity index (χ2v) is 7.65. The Balaban J connectivity index is 1.70. The van der Waals surface area contributed by atoms with Crippen molar-refractivity contribution < 1.29 is 19.7 Å². The average molecular weight is 424 g/mol. The number of hydrogen-bond acceptors (Lipinski definition) is 5. The van der Waals surface area contributed by atoms with Crippen LogP contribution >= 0.6 is 35.0 Å². The third-order valence-electron chi connectivity index (χ3n) is 3.66. The number of ether oxygens (including phenoxy) is 1. The van der Waals surface area contributed by atoms with E-state index >= 15 is 0 Å². The van der Waals surface area contributed by atoms with E-state index in [4.69, 9.17) is 27.9 Å². The summed E-state index contributed by atoms with van der Waals surface area (Å²) in [5.74, 6) is 0.256. The van der Waals surface area contributed by atoms with Crippen LogP contribution in [0.2, 0.25) is 10.0 Å². The number of nitrogens with zero attached hydrogens (tertiary/aromatic N) is 1. The molecule has 1 heterocycles. The molecule has 8 heteroatoms. The summed E-state index contributed by atoms with van der Waals surface area (Å²) in [6, 6.07) is 11.5. The van der Waals surface area contributed by atoms with Gasteiger partial charge in [0.1, 0.15) is 11.5 Å². The van der Waals surface area contributed by atoms with Gasteiger partial charge >= 0.3 is 5.97 Å². The van der Waals surface area contributed by atoms with E-state index in [1.165, 1.54) is 6.07 Å². The van der Waals surface area contributed by atoms with Crippen molar-refractivity contribution in [2.45, 2.75) is 11.3 Å². The van der Waals surface area contributed by atoms with Crippen molar-refractivity contribution in [3.05, 3.63) is 58.2 Å². The molecule has 140 valence electrons. The predicted molar refractivity (Wildman–Crippen MR) is 108 cm³/mol. The Morgan fingerprint density at radius 1 is 1.15 bits per heavy atom. The molecule has 0 aliphatic rings. The van der Waals surface area contributed by atoms with Crippen molar-refractivity contribution in [3.8, 4) is 11.5 Å². The summed E-state index contributed by atoms with van der Waals surface area (Å²) in [5.41, 5.74) is 0.246. The van der Waals surface area contributed by atoms with Crippen LogP contribution in [0.25, 0.3) is 10.9 Å². The van der Waals surface area contributed by atoms with Gasteiger partial charge in [0.15, 0.2) is 5.69 Å². The van der Waals surface area contributed by atoms with Crippen LogP contribution in [-0.4, -0.2) is 33.5 Å². The van der Waals surface area contributed by atoms with Crippen LogP contribution in [0.4, 0.5) is 0 Å². The van der Waals surface area contributed by atoms with E-state index in [9.17, 15) is 15.0 Å². The fourth-order valence-electron chi connectivity index (χ4n) is 2.45. The molecule has 2 N–H and O–H groups in total. The van der Waals surface area contributed by atoms with Crippen molar-refractivity contribution in [2.75, 3.05) is 12.4 Å². The maximum Gasteiger partial charge on any atom is 0.354 e. The molecule has 0 aliphatic carbocycles. The molecular weight excluding hydrogens is 409 g/mol. The minimum atomic E-state index is -1.15. The normalized spacial score (nSPS) is 10.9. The molecule has 0 aliphatic heterocycles. The Labute approximate surface area is 169 Å². The highest BCUT2D eigenvalue weighted by atomic mass is 35.5. The largest absolute Gasteiger partial charge is 0.508 e.